The van der Waals surface area contributed by atoms with Crippen molar-refractivity contribution in [2.24, 2.45) is 5.10 Å². The monoisotopic (exact) mass is 560 g/mol. The molecule has 0 N–H and O–H groups in total. The van der Waals surface area contributed by atoms with Crippen LogP contribution in [0.15, 0.2) is 131 Å². The molecular formula is C33H25ClN4OS. The number of hydrogen-bond acceptors (Lipinski definition) is 4. The second kappa shape index (κ2) is 11.4. The van der Waals surface area contributed by atoms with Crippen LogP contribution in [0.3, 0.4) is 0 Å². The average Bonchev–Trinajstić information content (AvgIpc) is 3.55. The number of rotatable bonds is 7. The highest BCUT2D eigenvalue weighted by molar-refractivity contribution is 8.00. The van der Waals surface area contributed by atoms with Crippen molar-refractivity contribution in [1.82, 2.24) is 9.78 Å². The van der Waals surface area contributed by atoms with Crippen molar-refractivity contribution in [3.05, 3.63) is 137 Å². The molecule has 1 aromatic heterocycles. The topological polar surface area (TPSA) is 50.5 Å². The van der Waals surface area contributed by atoms with E-state index in [2.05, 4.69) is 31.2 Å². The minimum atomic E-state index is -0.166. The minimum absolute atomic E-state index is 0.166. The molecule has 1 amide bonds. The Balaban J connectivity index is 1.43. The first-order chi connectivity index (χ1) is 19.5. The molecule has 0 aliphatic carbocycles. The van der Waals surface area contributed by atoms with Gasteiger partial charge in [0.05, 0.1) is 28.4 Å². The third kappa shape index (κ3) is 5.50. The van der Waals surface area contributed by atoms with Crippen molar-refractivity contribution >= 4 is 46.7 Å². The summed E-state index contributed by atoms with van der Waals surface area (Å²) in [5.74, 6) is 0.357. The molecule has 7 heteroatoms. The minimum Gasteiger partial charge on any atom is -0.267 e. The van der Waals surface area contributed by atoms with E-state index < -0.39 is 0 Å². The highest BCUT2D eigenvalue weighted by atomic mass is 35.5. The Morgan fingerprint density at radius 3 is 2.15 bits per heavy atom. The number of aryl methyl sites for hydroxylation is 1. The smallest absolute Gasteiger partial charge is 0.267 e. The number of hydrazone groups is 1. The molecule has 0 fully saturated rings. The van der Waals surface area contributed by atoms with Gasteiger partial charge in [-0.2, -0.15) is 15.2 Å². The summed E-state index contributed by atoms with van der Waals surface area (Å²) in [5.41, 5.74) is 6.71. The molecule has 5 aromatic rings. The Bertz CT molecular complexity index is 1710. The molecule has 1 aliphatic heterocycles. The van der Waals surface area contributed by atoms with E-state index in [0.29, 0.717) is 22.1 Å². The van der Waals surface area contributed by atoms with Crippen molar-refractivity contribution in [1.29, 1.82) is 0 Å². The van der Waals surface area contributed by atoms with Crippen LogP contribution in [0.2, 0.25) is 5.02 Å². The highest BCUT2D eigenvalue weighted by Crippen LogP contribution is 2.31. The zero-order valence-electron chi connectivity index (χ0n) is 21.7. The van der Waals surface area contributed by atoms with Crippen LogP contribution in [0.5, 0.6) is 0 Å². The molecular weight excluding hydrogens is 536 g/mol. The van der Waals surface area contributed by atoms with Gasteiger partial charge in [-0.05, 0) is 61.5 Å². The SMILES string of the molecule is Cc1ccc(-c2nn(-c3ccccc3)cc2/C=C2\C(=O)N(c3ccccc3)N=C2CSc2ccc(Cl)cc2)cc1. The predicted molar refractivity (Wildman–Crippen MR) is 165 cm³/mol. The predicted octanol–water partition coefficient (Wildman–Crippen LogP) is 8.08. The van der Waals surface area contributed by atoms with Gasteiger partial charge in [-0.15, -0.1) is 11.8 Å². The van der Waals surface area contributed by atoms with Gasteiger partial charge in [0.2, 0.25) is 0 Å². The molecule has 6 rings (SSSR count). The molecule has 0 radical (unpaired) electrons. The van der Waals surface area contributed by atoms with Gasteiger partial charge in [-0.3, -0.25) is 4.79 Å². The first-order valence-electron chi connectivity index (χ1n) is 12.8. The molecule has 0 atom stereocenters. The summed E-state index contributed by atoms with van der Waals surface area (Å²) >= 11 is 7.69. The van der Waals surface area contributed by atoms with Crippen LogP contribution in [-0.2, 0) is 4.79 Å². The van der Waals surface area contributed by atoms with Crippen LogP contribution in [0.4, 0.5) is 5.69 Å². The van der Waals surface area contributed by atoms with Crippen molar-refractivity contribution in [3.63, 3.8) is 0 Å². The molecule has 40 heavy (non-hydrogen) atoms. The lowest BCUT2D eigenvalue weighted by Gasteiger charge is -2.11. The van der Waals surface area contributed by atoms with Crippen molar-refractivity contribution < 1.29 is 4.79 Å². The van der Waals surface area contributed by atoms with E-state index in [1.165, 1.54) is 10.6 Å². The molecule has 5 nitrogen and oxygen atoms in total. The second-order valence-corrected chi connectivity index (χ2v) is 10.9. The third-order valence-electron chi connectivity index (χ3n) is 6.53. The fraction of sp³-hybridized carbons (Fsp3) is 0.0606. The van der Waals surface area contributed by atoms with E-state index in [1.807, 2.05) is 102 Å². The first-order valence-corrected chi connectivity index (χ1v) is 14.2. The number of hydrogen-bond donors (Lipinski definition) is 0. The number of benzene rings is 4. The van der Waals surface area contributed by atoms with Crippen LogP contribution in [0, 0.1) is 6.92 Å². The van der Waals surface area contributed by atoms with Gasteiger partial charge in [0.1, 0.15) is 0 Å². The summed E-state index contributed by atoms with van der Waals surface area (Å²) in [4.78, 5) is 14.9. The maximum atomic E-state index is 13.8. The van der Waals surface area contributed by atoms with Crippen molar-refractivity contribution in [2.45, 2.75) is 11.8 Å². The number of para-hydroxylation sites is 2. The molecule has 196 valence electrons. The summed E-state index contributed by atoms with van der Waals surface area (Å²) in [5, 5.41) is 11.9. The summed E-state index contributed by atoms with van der Waals surface area (Å²) in [6, 6.07) is 35.4. The molecule has 0 saturated heterocycles. The number of carbonyl (C=O) groups excluding carboxylic acids is 1. The Morgan fingerprint density at radius 1 is 0.825 bits per heavy atom. The quantitative estimate of drug-likeness (QED) is 0.149. The van der Waals surface area contributed by atoms with Gasteiger partial charge in [-0.25, -0.2) is 4.68 Å². The highest BCUT2D eigenvalue weighted by Gasteiger charge is 2.31. The molecule has 0 unspecified atom stereocenters. The Labute approximate surface area is 242 Å². The van der Waals surface area contributed by atoms with Crippen LogP contribution >= 0.6 is 23.4 Å². The van der Waals surface area contributed by atoms with Gasteiger partial charge < -0.3 is 0 Å². The lowest BCUT2D eigenvalue weighted by molar-refractivity contribution is -0.114. The van der Waals surface area contributed by atoms with Crippen LogP contribution in [0.1, 0.15) is 11.1 Å². The second-order valence-electron chi connectivity index (χ2n) is 9.38. The van der Waals surface area contributed by atoms with Gasteiger partial charge in [0.15, 0.2) is 0 Å². The maximum Gasteiger partial charge on any atom is 0.280 e. The lowest BCUT2D eigenvalue weighted by Crippen LogP contribution is -2.21. The van der Waals surface area contributed by atoms with E-state index in [4.69, 9.17) is 21.8 Å². The third-order valence-corrected chi connectivity index (χ3v) is 7.81. The van der Waals surface area contributed by atoms with E-state index in [1.54, 1.807) is 11.8 Å². The molecule has 0 saturated carbocycles. The van der Waals surface area contributed by atoms with Gasteiger partial charge in [0.25, 0.3) is 5.91 Å². The lowest BCUT2D eigenvalue weighted by atomic mass is 10.0. The maximum absolute atomic E-state index is 13.8. The van der Waals surface area contributed by atoms with Gasteiger partial charge >= 0.3 is 0 Å². The molecule has 4 aromatic carbocycles. The number of nitrogens with zero attached hydrogens (tertiary/aromatic N) is 4. The van der Waals surface area contributed by atoms with Gasteiger partial charge in [-0.1, -0.05) is 77.8 Å². The number of carbonyl (C=O) groups is 1. The first kappa shape index (κ1) is 25.9. The molecule has 0 spiro atoms. The summed E-state index contributed by atoms with van der Waals surface area (Å²) in [6.45, 7) is 2.06. The fourth-order valence-electron chi connectivity index (χ4n) is 4.43. The molecule has 0 bridgehead atoms. The number of halogens is 1. The Kier molecular flexibility index (Phi) is 7.36. The largest absolute Gasteiger partial charge is 0.280 e. The van der Waals surface area contributed by atoms with Gasteiger partial charge in [0, 0.05) is 33.0 Å². The standard InChI is InChI=1S/C33H25ClN4OS/c1-23-12-14-24(15-13-23)32-25(21-37(36-32)27-8-4-2-5-9-27)20-30-31(22-40-29-18-16-26(34)17-19-29)35-38(33(30)39)28-10-6-3-7-11-28/h2-21H,22H2,1H3/b30-20-. The van der Waals surface area contributed by atoms with Crippen LogP contribution < -0.4 is 5.01 Å². The van der Waals surface area contributed by atoms with E-state index in [9.17, 15) is 4.79 Å². The Hall–Kier alpha value is -4.39. The van der Waals surface area contributed by atoms with E-state index in [-0.39, 0.29) is 5.91 Å². The van der Waals surface area contributed by atoms with Crippen LogP contribution in [-0.4, -0.2) is 27.2 Å². The summed E-state index contributed by atoms with van der Waals surface area (Å²) in [7, 11) is 0. The normalized spacial score (nSPS) is 14.2. The van der Waals surface area contributed by atoms with Crippen molar-refractivity contribution in [3.8, 4) is 16.9 Å². The fourth-order valence-corrected chi connectivity index (χ4v) is 5.40. The number of aromatic nitrogens is 2. The average molecular weight is 561 g/mol. The number of thioether (sulfide) groups is 1. The zero-order valence-corrected chi connectivity index (χ0v) is 23.3. The number of anilines is 1. The molecule has 2 heterocycles. The van der Waals surface area contributed by atoms with E-state index in [0.717, 1.165) is 33.1 Å². The van der Waals surface area contributed by atoms with Crippen LogP contribution in [0.25, 0.3) is 23.0 Å². The van der Waals surface area contributed by atoms with E-state index >= 15 is 0 Å². The summed E-state index contributed by atoms with van der Waals surface area (Å²) < 4.78 is 1.86. The summed E-state index contributed by atoms with van der Waals surface area (Å²) in [6.07, 6.45) is 3.90. The van der Waals surface area contributed by atoms with Crippen molar-refractivity contribution in [2.75, 3.05) is 10.8 Å². The Morgan fingerprint density at radius 2 is 1.48 bits per heavy atom. The zero-order chi connectivity index (χ0) is 27.5. The number of amides is 1. The molecule has 1 aliphatic rings.